The van der Waals surface area contributed by atoms with E-state index in [9.17, 15) is 0 Å². The van der Waals surface area contributed by atoms with E-state index in [0.717, 1.165) is 29.1 Å². The molecule has 0 fully saturated rings. The minimum absolute atomic E-state index is 0.722. The van der Waals surface area contributed by atoms with Gasteiger partial charge in [-0.3, -0.25) is 0 Å². The number of hydrogen-bond acceptors (Lipinski definition) is 3. The van der Waals surface area contributed by atoms with E-state index in [1.54, 1.807) is 12.4 Å². The van der Waals surface area contributed by atoms with Gasteiger partial charge in [-0.1, -0.05) is 12.2 Å². The fourth-order valence-corrected chi connectivity index (χ4v) is 2.44. The molecule has 5 heteroatoms. The first kappa shape index (κ1) is 9.72. The van der Waals surface area contributed by atoms with Crippen molar-refractivity contribution in [1.82, 2.24) is 19.9 Å². The molecule has 0 atom stereocenters. The van der Waals surface area contributed by atoms with Gasteiger partial charge in [0.25, 0.3) is 0 Å². The lowest BCUT2D eigenvalue weighted by Gasteiger charge is -2.15. The number of H-pyrrole nitrogens is 2. The SMILES string of the molecule is S=c1nc(-c2ncc[nH]2)[nH]c2c1CCCC2. The van der Waals surface area contributed by atoms with Gasteiger partial charge in [-0.25, -0.2) is 9.97 Å². The first-order chi connectivity index (χ1) is 7.84. The van der Waals surface area contributed by atoms with E-state index < -0.39 is 0 Å². The highest BCUT2D eigenvalue weighted by molar-refractivity contribution is 7.71. The molecule has 0 radical (unpaired) electrons. The fraction of sp³-hybridized carbons (Fsp3) is 0.364. The number of imidazole rings is 1. The van der Waals surface area contributed by atoms with Crippen molar-refractivity contribution in [2.24, 2.45) is 0 Å². The molecule has 0 unspecified atom stereocenters. The Labute approximate surface area is 98.2 Å². The summed E-state index contributed by atoms with van der Waals surface area (Å²) in [4.78, 5) is 14.9. The van der Waals surface area contributed by atoms with Gasteiger partial charge in [0, 0.05) is 23.7 Å². The van der Waals surface area contributed by atoms with E-state index >= 15 is 0 Å². The molecule has 0 bridgehead atoms. The van der Waals surface area contributed by atoms with E-state index in [0.29, 0.717) is 0 Å². The summed E-state index contributed by atoms with van der Waals surface area (Å²) in [6.07, 6.45) is 8.05. The largest absolute Gasteiger partial charge is 0.342 e. The van der Waals surface area contributed by atoms with Crippen molar-refractivity contribution in [2.45, 2.75) is 25.7 Å². The smallest absolute Gasteiger partial charge is 0.175 e. The Hall–Kier alpha value is -1.49. The Morgan fingerprint density at radius 1 is 1.19 bits per heavy atom. The van der Waals surface area contributed by atoms with Crippen LogP contribution in [-0.4, -0.2) is 19.9 Å². The lowest BCUT2D eigenvalue weighted by Crippen LogP contribution is -2.09. The zero-order valence-electron chi connectivity index (χ0n) is 8.79. The van der Waals surface area contributed by atoms with Crippen LogP contribution >= 0.6 is 12.2 Å². The third kappa shape index (κ3) is 1.57. The Morgan fingerprint density at radius 3 is 2.88 bits per heavy atom. The second kappa shape index (κ2) is 3.83. The molecule has 1 aliphatic rings. The average molecular weight is 232 g/mol. The number of nitrogens with zero attached hydrogens (tertiary/aromatic N) is 2. The van der Waals surface area contributed by atoms with Gasteiger partial charge in [0.15, 0.2) is 11.6 Å². The second-order valence-corrected chi connectivity index (χ2v) is 4.38. The summed E-state index contributed by atoms with van der Waals surface area (Å²) in [6.45, 7) is 0. The third-order valence-corrected chi connectivity index (χ3v) is 3.27. The van der Waals surface area contributed by atoms with Crippen molar-refractivity contribution in [3.05, 3.63) is 28.3 Å². The summed E-state index contributed by atoms with van der Waals surface area (Å²) in [6, 6.07) is 0. The molecule has 0 aliphatic heterocycles. The molecular formula is C11H12N4S. The van der Waals surface area contributed by atoms with Crippen LogP contribution in [0.1, 0.15) is 24.1 Å². The summed E-state index contributed by atoms with van der Waals surface area (Å²) in [5.41, 5.74) is 2.45. The molecule has 1 aliphatic carbocycles. The third-order valence-electron chi connectivity index (χ3n) is 2.93. The van der Waals surface area contributed by atoms with E-state index in [1.807, 2.05) is 0 Å². The van der Waals surface area contributed by atoms with E-state index in [-0.39, 0.29) is 0 Å². The van der Waals surface area contributed by atoms with E-state index in [4.69, 9.17) is 12.2 Å². The molecule has 0 amide bonds. The van der Waals surface area contributed by atoms with Crippen LogP contribution in [0.15, 0.2) is 12.4 Å². The molecule has 0 saturated heterocycles. The van der Waals surface area contributed by atoms with Crippen LogP contribution in [0.5, 0.6) is 0 Å². The number of fused-ring (bicyclic) bond motifs is 1. The standard InChI is InChI=1S/C11H12N4S/c16-11-7-3-1-2-4-8(7)14-10(15-11)9-12-5-6-13-9/h5-6H,1-4H2,(H,12,13)(H,14,15,16). The molecule has 16 heavy (non-hydrogen) atoms. The highest BCUT2D eigenvalue weighted by atomic mass is 32.1. The van der Waals surface area contributed by atoms with Gasteiger partial charge in [0.05, 0.1) is 0 Å². The monoisotopic (exact) mass is 232 g/mol. The van der Waals surface area contributed by atoms with Crippen molar-refractivity contribution >= 4 is 12.2 Å². The van der Waals surface area contributed by atoms with E-state index in [1.165, 1.54) is 24.1 Å². The van der Waals surface area contributed by atoms with Crippen LogP contribution in [0.3, 0.4) is 0 Å². The van der Waals surface area contributed by atoms with Crippen molar-refractivity contribution < 1.29 is 0 Å². The quantitative estimate of drug-likeness (QED) is 0.742. The van der Waals surface area contributed by atoms with E-state index in [2.05, 4.69) is 19.9 Å². The Morgan fingerprint density at radius 2 is 2.06 bits per heavy atom. The first-order valence-electron chi connectivity index (χ1n) is 5.46. The molecule has 0 saturated carbocycles. The first-order valence-corrected chi connectivity index (χ1v) is 5.87. The van der Waals surface area contributed by atoms with Crippen LogP contribution in [0, 0.1) is 4.64 Å². The molecule has 2 aromatic heterocycles. The molecule has 2 heterocycles. The van der Waals surface area contributed by atoms with Crippen LogP contribution in [0.4, 0.5) is 0 Å². The second-order valence-electron chi connectivity index (χ2n) is 3.99. The van der Waals surface area contributed by atoms with Crippen LogP contribution in [-0.2, 0) is 12.8 Å². The topological polar surface area (TPSA) is 57.4 Å². The van der Waals surface area contributed by atoms with Crippen LogP contribution in [0.25, 0.3) is 11.6 Å². The number of hydrogen-bond donors (Lipinski definition) is 2. The number of rotatable bonds is 1. The molecule has 2 aromatic rings. The van der Waals surface area contributed by atoms with Gasteiger partial charge in [0.1, 0.15) is 4.64 Å². The minimum Gasteiger partial charge on any atom is -0.342 e. The molecule has 4 nitrogen and oxygen atoms in total. The Bertz CT molecular complexity index is 556. The van der Waals surface area contributed by atoms with Gasteiger partial charge in [-0.15, -0.1) is 0 Å². The van der Waals surface area contributed by atoms with Crippen LogP contribution < -0.4 is 0 Å². The molecule has 2 N–H and O–H groups in total. The van der Waals surface area contributed by atoms with Gasteiger partial charge < -0.3 is 9.97 Å². The predicted octanol–water partition coefficient (Wildman–Crippen LogP) is 2.41. The van der Waals surface area contributed by atoms with Gasteiger partial charge in [-0.05, 0) is 25.7 Å². The lowest BCUT2D eigenvalue weighted by molar-refractivity contribution is 0.660. The highest BCUT2D eigenvalue weighted by Crippen LogP contribution is 2.21. The number of nitrogens with one attached hydrogen (secondary N) is 2. The molecular weight excluding hydrogens is 220 g/mol. The molecule has 0 spiro atoms. The zero-order valence-corrected chi connectivity index (χ0v) is 9.60. The molecule has 3 rings (SSSR count). The molecule has 82 valence electrons. The maximum Gasteiger partial charge on any atom is 0.175 e. The summed E-state index contributed by atoms with van der Waals surface area (Å²) in [5.74, 6) is 1.50. The Balaban J connectivity index is 2.16. The fourth-order valence-electron chi connectivity index (χ4n) is 2.13. The average Bonchev–Trinajstić information content (AvgIpc) is 2.82. The van der Waals surface area contributed by atoms with Crippen LogP contribution in [0.2, 0.25) is 0 Å². The lowest BCUT2D eigenvalue weighted by atomic mass is 9.97. The summed E-state index contributed by atoms with van der Waals surface area (Å²) in [7, 11) is 0. The number of aromatic nitrogens is 4. The number of aryl methyl sites for hydroxylation is 1. The number of aromatic amines is 2. The summed E-state index contributed by atoms with van der Waals surface area (Å²) in [5, 5.41) is 0. The molecule has 0 aromatic carbocycles. The van der Waals surface area contributed by atoms with Crippen molar-refractivity contribution in [1.29, 1.82) is 0 Å². The van der Waals surface area contributed by atoms with Gasteiger partial charge in [-0.2, -0.15) is 0 Å². The van der Waals surface area contributed by atoms with Gasteiger partial charge >= 0.3 is 0 Å². The van der Waals surface area contributed by atoms with Gasteiger partial charge in [0.2, 0.25) is 0 Å². The highest BCUT2D eigenvalue weighted by Gasteiger charge is 2.14. The maximum absolute atomic E-state index is 5.33. The van der Waals surface area contributed by atoms with Crippen molar-refractivity contribution in [3.8, 4) is 11.6 Å². The summed E-state index contributed by atoms with van der Waals surface area (Å²) < 4.78 is 0.722. The zero-order chi connectivity index (χ0) is 11.0. The Kier molecular flexibility index (Phi) is 2.32. The predicted molar refractivity (Wildman–Crippen MR) is 63.6 cm³/mol. The minimum atomic E-state index is 0.722. The maximum atomic E-state index is 5.33. The normalized spacial score (nSPS) is 14.8. The summed E-state index contributed by atoms with van der Waals surface area (Å²) >= 11 is 5.33. The van der Waals surface area contributed by atoms with Crippen molar-refractivity contribution in [2.75, 3.05) is 0 Å². The van der Waals surface area contributed by atoms with Crippen molar-refractivity contribution in [3.63, 3.8) is 0 Å².